The summed E-state index contributed by atoms with van der Waals surface area (Å²) in [6.45, 7) is 0.615. The fourth-order valence-electron chi connectivity index (χ4n) is 2.43. The van der Waals surface area contributed by atoms with E-state index in [-0.39, 0.29) is 18.5 Å². The van der Waals surface area contributed by atoms with Gasteiger partial charge in [-0.05, 0) is 35.4 Å². The van der Waals surface area contributed by atoms with Gasteiger partial charge in [-0.15, -0.1) is 0 Å². The van der Waals surface area contributed by atoms with Gasteiger partial charge in [0.1, 0.15) is 18.6 Å². The van der Waals surface area contributed by atoms with E-state index >= 15 is 0 Å². The fraction of sp³-hybridized carbons (Fsp3) is 0.294. The van der Waals surface area contributed by atoms with E-state index in [0.29, 0.717) is 18.7 Å². The zero-order valence-electron chi connectivity index (χ0n) is 12.7. The van der Waals surface area contributed by atoms with Crippen LogP contribution in [0, 0.1) is 11.6 Å². The van der Waals surface area contributed by atoms with Crippen LogP contribution in [0.25, 0.3) is 0 Å². The van der Waals surface area contributed by atoms with Crippen LogP contribution in [0.2, 0.25) is 0 Å². The first kappa shape index (κ1) is 17.5. The van der Waals surface area contributed by atoms with Crippen molar-refractivity contribution in [2.45, 2.75) is 18.2 Å². The van der Waals surface area contributed by atoms with Gasteiger partial charge in [0.2, 0.25) is 0 Å². The van der Waals surface area contributed by atoms with Gasteiger partial charge >= 0.3 is 6.18 Å². The van der Waals surface area contributed by atoms with E-state index in [1.54, 1.807) is 0 Å². The summed E-state index contributed by atoms with van der Waals surface area (Å²) in [5.41, 5.74) is -0.840. The van der Waals surface area contributed by atoms with E-state index < -0.39 is 40.6 Å². The number of alkyl halides is 3. The number of rotatable bonds is 5. The number of phenols is 1. The Bertz CT molecular complexity index is 771. The van der Waals surface area contributed by atoms with Crippen molar-refractivity contribution in [2.75, 3.05) is 13.2 Å². The van der Waals surface area contributed by atoms with Gasteiger partial charge in [-0.2, -0.15) is 13.2 Å². The summed E-state index contributed by atoms with van der Waals surface area (Å²) in [5, 5.41) is 9.15. The molecule has 2 aromatic carbocycles. The highest BCUT2D eigenvalue weighted by Gasteiger charge is 2.42. The molecule has 134 valence electrons. The van der Waals surface area contributed by atoms with Crippen LogP contribution in [0.15, 0.2) is 36.4 Å². The number of phenolic OH excluding ortho intramolecular Hbond substituents is 1. The standard InChI is InChI=1S/C17H13F5O3/c18-12-5-9(1-3-14(12)23)16(17(20,21)22)10-2-4-15(13(19)6-10)25-8-11-7-24-11/h1-6,11,16,23H,7-8H2. The molecule has 1 aliphatic heterocycles. The highest BCUT2D eigenvalue weighted by atomic mass is 19.4. The maximum Gasteiger partial charge on any atom is 0.399 e. The largest absolute Gasteiger partial charge is 0.505 e. The average Bonchev–Trinajstić information content (AvgIpc) is 3.33. The molecular weight excluding hydrogens is 347 g/mol. The first-order valence-corrected chi connectivity index (χ1v) is 7.34. The van der Waals surface area contributed by atoms with E-state index in [2.05, 4.69) is 0 Å². The van der Waals surface area contributed by atoms with Crippen LogP contribution in [0.1, 0.15) is 17.0 Å². The van der Waals surface area contributed by atoms with Crippen molar-refractivity contribution in [3.05, 3.63) is 59.2 Å². The van der Waals surface area contributed by atoms with Crippen molar-refractivity contribution in [3.8, 4) is 11.5 Å². The highest BCUT2D eigenvalue weighted by Crippen LogP contribution is 2.41. The summed E-state index contributed by atoms with van der Waals surface area (Å²) in [7, 11) is 0. The number of ether oxygens (including phenoxy) is 2. The Balaban J connectivity index is 1.93. The molecule has 1 N–H and O–H groups in total. The molecule has 1 aliphatic rings. The van der Waals surface area contributed by atoms with Gasteiger partial charge in [0.25, 0.3) is 0 Å². The summed E-state index contributed by atoms with van der Waals surface area (Å²) in [4.78, 5) is 0. The number of halogens is 5. The third-order valence-corrected chi connectivity index (χ3v) is 3.75. The number of epoxide rings is 1. The molecule has 0 radical (unpaired) electrons. The summed E-state index contributed by atoms with van der Waals surface area (Å²) in [5.74, 6) is -5.32. The van der Waals surface area contributed by atoms with Crippen molar-refractivity contribution in [2.24, 2.45) is 0 Å². The Morgan fingerprint density at radius 2 is 1.68 bits per heavy atom. The third kappa shape index (κ3) is 4.01. The highest BCUT2D eigenvalue weighted by molar-refractivity contribution is 5.40. The van der Waals surface area contributed by atoms with E-state index in [9.17, 15) is 22.0 Å². The average molecular weight is 360 g/mol. The van der Waals surface area contributed by atoms with Crippen molar-refractivity contribution in [1.29, 1.82) is 0 Å². The predicted octanol–water partition coefficient (Wildman–Crippen LogP) is 4.14. The molecule has 25 heavy (non-hydrogen) atoms. The first-order valence-electron chi connectivity index (χ1n) is 7.34. The van der Waals surface area contributed by atoms with Gasteiger partial charge in [-0.1, -0.05) is 12.1 Å². The number of benzene rings is 2. The van der Waals surface area contributed by atoms with Crippen molar-refractivity contribution in [3.63, 3.8) is 0 Å². The normalized spacial score (nSPS) is 18.0. The lowest BCUT2D eigenvalue weighted by molar-refractivity contribution is -0.141. The van der Waals surface area contributed by atoms with Crippen LogP contribution < -0.4 is 4.74 Å². The van der Waals surface area contributed by atoms with Crippen LogP contribution in [0.3, 0.4) is 0 Å². The minimum Gasteiger partial charge on any atom is -0.505 e. The molecule has 0 bridgehead atoms. The fourth-order valence-corrected chi connectivity index (χ4v) is 2.43. The van der Waals surface area contributed by atoms with Crippen molar-refractivity contribution in [1.82, 2.24) is 0 Å². The lowest BCUT2D eigenvalue weighted by atomic mass is 9.90. The molecule has 8 heteroatoms. The van der Waals surface area contributed by atoms with Gasteiger partial charge in [-0.3, -0.25) is 0 Å². The van der Waals surface area contributed by atoms with Crippen LogP contribution in [-0.4, -0.2) is 30.6 Å². The van der Waals surface area contributed by atoms with Crippen LogP contribution in [0.5, 0.6) is 11.5 Å². The van der Waals surface area contributed by atoms with Gasteiger partial charge < -0.3 is 14.6 Å². The molecule has 2 unspecified atom stereocenters. The maximum absolute atomic E-state index is 14.1. The minimum absolute atomic E-state index is 0.113. The minimum atomic E-state index is -4.78. The molecular formula is C17H13F5O3. The Hall–Kier alpha value is -2.35. The second kappa shape index (κ2) is 6.51. The summed E-state index contributed by atoms with van der Waals surface area (Å²) in [6, 6.07) is 5.25. The third-order valence-electron chi connectivity index (χ3n) is 3.75. The Labute approximate surface area is 139 Å². The maximum atomic E-state index is 14.1. The molecule has 3 nitrogen and oxygen atoms in total. The molecule has 1 saturated heterocycles. The molecule has 0 saturated carbocycles. The van der Waals surface area contributed by atoms with Crippen LogP contribution in [-0.2, 0) is 4.74 Å². The molecule has 0 aromatic heterocycles. The SMILES string of the molecule is Oc1ccc(C(c2ccc(OCC3CO3)c(F)c2)C(F)(F)F)cc1F. The number of aromatic hydroxyl groups is 1. The smallest absolute Gasteiger partial charge is 0.399 e. The van der Waals surface area contributed by atoms with Crippen LogP contribution in [0.4, 0.5) is 22.0 Å². The molecule has 1 heterocycles. The van der Waals surface area contributed by atoms with Gasteiger partial charge in [-0.25, -0.2) is 8.78 Å². The van der Waals surface area contributed by atoms with E-state index in [4.69, 9.17) is 14.6 Å². The summed E-state index contributed by atoms with van der Waals surface area (Å²) in [6.07, 6.45) is -4.90. The quantitative estimate of drug-likeness (QED) is 0.644. The Kier molecular flexibility index (Phi) is 4.55. The van der Waals surface area contributed by atoms with Crippen LogP contribution >= 0.6 is 0 Å². The molecule has 1 fully saturated rings. The molecule has 2 atom stereocenters. The second-order valence-corrected chi connectivity index (χ2v) is 5.64. The topological polar surface area (TPSA) is 42.0 Å². The monoisotopic (exact) mass is 360 g/mol. The van der Waals surface area contributed by atoms with E-state index in [1.807, 2.05) is 0 Å². The second-order valence-electron chi connectivity index (χ2n) is 5.64. The zero-order chi connectivity index (χ0) is 18.2. The number of hydrogen-bond donors (Lipinski definition) is 1. The van der Waals surface area contributed by atoms with Crippen molar-refractivity contribution >= 4 is 0 Å². The van der Waals surface area contributed by atoms with E-state index in [1.165, 1.54) is 0 Å². The van der Waals surface area contributed by atoms with Gasteiger partial charge in [0.05, 0.1) is 6.61 Å². The number of hydrogen-bond acceptors (Lipinski definition) is 3. The summed E-state index contributed by atoms with van der Waals surface area (Å²) >= 11 is 0. The van der Waals surface area contributed by atoms with Gasteiger partial charge in [0.15, 0.2) is 23.1 Å². The van der Waals surface area contributed by atoms with Gasteiger partial charge in [0, 0.05) is 0 Å². The van der Waals surface area contributed by atoms with Crippen molar-refractivity contribution < 1.29 is 36.5 Å². The lowest BCUT2D eigenvalue weighted by Crippen LogP contribution is -2.22. The lowest BCUT2D eigenvalue weighted by Gasteiger charge is -2.22. The first-order chi connectivity index (χ1) is 11.8. The molecule has 2 aromatic rings. The molecule has 0 spiro atoms. The Morgan fingerprint density at radius 3 is 2.20 bits per heavy atom. The Morgan fingerprint density at radius 1 is 1.08 bits per heavy atom. The predicted molar refractivity (Wildman–Crippen MR) is 77.6 cm³/mol. The molecule has 0 amide bonds. The van der Waals surface area contributed by atoms with E-state index in [0.717, 1.165) is 24.3 Å². The zero-order valence-corrected chi connectivity index (χ0v) is 12.7. The molecule has 0 aliphatic carbocycles. The molecule has 3 rings (SSSR count). The summed E-state index contributed by atoms with van der Waals surface area (Å²) < 4.78 is 78.0.